The van der Waals surface area contributed by atoms with E-state index in [1.807, 2.05) is 43.1 Å². The second-order valence-electron chi connectivity index (χ2n) is 5.75. The van der Waals surface area contributed by atoms with Crippen molar-refractivity contribution in [3.8, 4) is 0 Å². The molecule has 0 heterocycles. The van der Waals surface area contributed by atoms with Crippen molar-refractivity contribution in [2.24, 2.45) is 5.73 Å². The number of nitrogens with one attached hydrogen (secondary N) is 1. The van der Waals surface area contributed by atoms with Gasteiger partial charge in [0, 0.05) is 24.8 Å². The maximum atomic E-state index is 12.3. The van der Waals surface area contributed by atoms with E-state index in [1.165, 1.54) is 19.3 Å². The van der Waals surface area contributed by atoms with Crippen LogP contribution >= 0.6 is 0 Å². The summed E-state index contributed by atoms with van der Waals surface area (Å²) < 4.78 is 0. The molecular formula is C16H25N3O. The maximum Gasteiger partial charge on any atom is 0.321 e. The Kier molecular flexibility index (Phi) is 5.01. The van der Waals surface area contributed by atoms with Gasteiger partial charge in [-0.05, 0) is 37.5 Å². The fourth-order valence-electron chi connectivity index (χ4n) is 2.75. The molecule has 20 heavy (non-hydrogen) atoms. The zero-order valence-electron chi connectivity index (χ0n) is 12.4. The summed E-state index contributed by atoms with van der Waals surface area (Å²) in [5.41, 5.74) is 7.71. The van der Waals surface area contributed by atoms with Crippen LogP contribution in [-0.2, 0) is 0 Å². The van der Waals surface area contributed by atoms with Gasteiger partial charge in [-0.3, -0.25) is 0 Å². The van der Waals surface area contributed by atoms with E-state index >= 15 is 0 Å². The fourth-order valence-corrected chi connectivity index (χ4v) is 2.75. The minimum absolute atomic E-state index is 0.0251. The summed E-state index contributed by atoms with van der Waals surface area (Å²) in [7, 11) is 1.89. The van der Waals surface area contributed by atoms with Gasteiger partial charge in [0.05, 0.1) is 0 Å². The smallest absolute Gasteiger partial charge is 0.321 e. The van der Waals surface area contributed by atoms with E-state index < -0.39 is 0 Å². The van der Waals surface area contributed by atoms with Crippen molar-refractivity contribution in [3.05, 3.63) is 29.8 Å². The van der Waals surface area contributed by atoms with Crippen LogP contribution in [0.1, 0.15) is 50.6 Å². The molecule has 0 bridgehead atoms. The van der Waals surface area contributed by atoms with Crippen LogP contribution in [0.25, 0.3) is 0 Å². The highest BCUT2D eigenvalue weighted by Crippen LogP contribution is 2.22. The summed E-state index contributed by atoms with van der Waals surface area (Å²) in [5, 5.41) is 2.97. The molecule has 0 aliphatic heterocycles. The molecule has 1 aliphatic rings. The van der Waals surface area contributed by atoms with Gasteiger partial charge < -0.3 is 16.0 Å². The van der Waals surface area contributed by atoms with Crippen molar-refractivity contribution in [3.63, 3.8) is 0 Å². The molecule has 1 aromatic rings. The quantitative estimate of drug-likeness (QED) is 0.887. The molecule has 1 aromatic carbocycles. The molecule has 2 rings (SSSR count). The molecule has 1 fully saturated rings. The third-order valence-corrected chi connectivity index (χ3v) is 4.11. The summed E-state index contributed by atoms with van der Waals surface area (Å²) in [5.74, 6) is 0. The summed E-state index contributed by atoms with van der Waals surface area (Å²) in [6.07, 6.45) is 5.97. The Bertz CT molecular complexity index is 453. The molecule has 2 amide bonds. The lowest BCUT2D eigenvalue weighted by atomic mass is 9.95. The minimum Gasteiger partial charge on any atom is -0.325 e. The molecule has 0 aromatic heterocycles. The average molecular weight is 275 g/mol. The molecule has 4 heteroatoms. The standard InChI is InChI=1S/C16H25N3O/c1-12(17)13-7-6-8-14(11-13)18-16(20)19(2)15-9-4-3-5-10-15/h6-8,11-12,15H,3-5,9-10,17H2,1-2H3,(H,18,20). The Balaban J connectivity index is 1.98. The van der Waals surface area contributed by atoms with Gasteiger partial charge in [0.25, 0.3) is 0 Å². The highest BCUT2D eigenvalue weighted by molar-refractivity contribution is 5.89. The van der Waals surface area contributed by atoms with E-state index in [9.17, 15) is 4.79 Å². The number of anilines is 1. The number of nitrogens with two attached hydrogens (primary N) is 1. The second-order valence-corrected chi connectivity index (χ2v) is 5.75. The fraction of sp³-hybridized carbons (Fsp3) is 0.562. The van der Waals surface area contributed by atoms with Crippen molar-refractivity contribution < 1.29 is 4.79 Å². The van der Waals surface area contributed by atoms with Crippen molar-refractivity contribution in [1.82, 2.24) is 4.90 Å². The molecule has 0 radical (unpaired) electrons. The van der Waals surface area contributed by atoms with Crippen LogP contribution in [0, 0.1) is 0 Å². The predicted octanol–water partition coefficient (Wildman–Crippen LogP) is 3.50. The Labute approximate surface area is 121 Å². The highest BCUT2D eigenvalue weighted by Gasteiger charge is 2.22. The Morgan fingerprint density at radius 2 is 2.05 bits per heavy atom. The molecule has 110 valence electrons. The van der Waals surface area contributed by atoms with E-state index in [4.69, 9.17) is 5.73 Å². The van der Waals surface area contributed by atoms with Gasteiger partial charge in [0.15, 0.2) is 0 Å². The minimum atomic E-state index is -0.0290. The molecular weight excluding hydrogens is 250 g/mol. The number of carbonyl (C=O) groups is 1. The van der Waals surface area contributed by atoms with Gasteiger partial charge in [-0.1, -0.05) is 31.4 Å². The molecule has 4 nitrogen and oxygen atoms in total. The van der Waals surface area contributed by atoms with E-state index in [1.54, 1.807) is 0 Å². The summed E-state index contributed by atoms with van der Waals surface area (Å²) >= 11 is 0. The lowest BCUT2D eigenvalue weighted by molar-refractivity contribution is 0.186. The molecule has 0 spiro atoms. The third-order valence-electron chi connectivity index (χ3n) is 4.11. The van der Waals surface area contributed by atoms with Gasteiger partial charge in [-0.15, -0.1) is 0 Å². The normalized spacial score (nSPS) is 17.6. The van der Waals surface area contributed by atoms with Gasteiger partial charge >= 0.3 is 6.03 Å². The lowest BCUT2D eigenvalue weighted by Gasteiger charge is -2.31. The molecule has 1 aliphatic carbocycles. The van der Waals surface area contributed by atoms with E-state index in [2.05, 4.69) is 5.32 Å². The van der Waals surface area contributed by atoms with E-state index in [0.717, 1.165) is 24.1 Å². The molecule has 1 atom stereocenters. The Morgan fingerprint density at radius 1 is 1.35 bits per heavy atom. The Hall–Kier alpha value is -1.55. The van der Waals surface area contributed by atoms with Crippen molar-refractivity contribution in [1.29, 1.82) is 0 Å². The van der Waals surface area contributed by atoms with Crippen LogP contribution in [0.5, 0.6) is 0 Å². The first-order valence-electron chi connectivity index (χ1n) is 7.47. The number of urea groups is 1. The summed E-state index contributed by atoms with van der Waals surface area (Å²) in [4.78, 5) is 14.1. The second kappa shape index (κ2) is 6.75. The number of rotatable bonds is 3. The van der Waals surface area contributed by atoms with Gasteiger partial charge in [0.2, 0.25) is 0 Å². The first kappa shape index (κ1) is 14.9. The van der Waals surface area contributed by atoms with Crippen LogP contribution in [0.4, 0.5) is 10.5 Å². The maximum absolute atomic E-state index is 12.3. The third kappa shape index (κ3) is 3.73. The van der Waals surface area contributed by atoms with Crippen molar-refractivity contribution in [2.75, 3.05) is 12.4 Å². The number of hydrogen-bond acceptors (Lipinski definition) is 2. The van der Waals surface area contributed by atoms with E-state index in [-0.39, 0.29) is 12.1 Å². The Morgan fingerprint density at radius 3 is 2.70 bits per heavy atom. The van der Waals surface area contributed by atoms with Crippen LogP contribution in [0.15, 0.2) is 24.3 Å². The van der Waals surface area contributed by atoms with E-state index in [0.29, 0.717) is 6.04 Å². The van der Waals surface area contributed by atoms with Crippen LogP contribution in [0.2, 0.25) is 0 Å². The van der Waals surface area contributed by atoms with Crippen LogP contribution in [-0.4, -0.2) is 24.0 Å². The number of nitrogens with zero attached hydrogens (tertiary/aromatic N) is 1. The number of hydrogen-bond donors (Lipinski definition) is 2. The molecule has 1 saturated carbocycles. The zero-order valence-corrected chi connectivity index (χ0v) is 12.4. The lowest BCUT2D eigenvalue weighted by Crippen LogP contribution is -2.40. The highest BCUT2D eigenvalue weighted by atomic mass is 16.2. The molecule has 1 unspecified atom stereocenters. The van der Waals surface area contributed by atoms with Crippen molar-refractivity contribution >= 4 is 11.7 Å². The number of carbonyl (C=O) groups excluding carboxylic acids is 1. The molecule has 3 N–H and O–H groups in total. The first-order valence-corrected chi connectivity index (χ1v) is 7.47. The zero-order chi connectivity index (χ0) is 14.5. The average Bonchev–Trinajstić information content (AvgIpc) is 2.47. The first-order chi connectivity index (χ1) is 9.58. The predicted molar refractivity (Wildman–Crippen MR) is 82.7 cm³/mol. The number of benzene rings is 1. The monoisotopic (exact) mass is 275 g/mol. The molecule has 0 saturated heterocycles. The van der Waals surface area contributed by atoms with Crippen LogP contribution < -0.4 is 11.1 Å². The van der Waals surface area contributed by atoms with Crippen molar-refractivity contribution in [2.45, 2.75) is 51.1 Å². The van der Waals surface area contributed by atoms with Gasteiger partial charge in [0.1, 0.15) is 0 Å². The SMILES string of the molecule is CC(N)c1cccc(NC(=O)N(C)C2CCCCC2)c1. The largest absolute Gasteiger partial charge is 0.325 e. The summed E-state index contributed by atoms with van der Waals surface area (Å²) in [6, 6.07) is 8.07. The number of amides is 2. The van der Waals surface area contributed by atoms with Crippen LogP contribution in [0.3, 0.4) is 0 Å². The van der Waals surface area contributed by atoms with Gasteiger partial charge in [-0.25, -0.2) is 4.79 Å². The van der Waals surface area contributed by atoms with Gasteiger partial charge in [-0.2, -0.15) is 0 Å². The summed E-state index contributed by atoms with van der Waals surface area (Å²) in [6.45, 7) is 1.94. The topological polar surface area (TPSA) is 58.4 Å².